The average molecular weight is 560 g/mol. The lowest BCUT2D eigenvalue weighted by Crippen LogP contribution is -1.91. The normalized spacial score (nSPS) is 10.8. The first kappa shape index (κ1) is 25.3. The van der Waals surface area contributed by atoms with E-state index in [-0.39, 0.29) is 0 Å². The van der Waals surface area contributed by atoms with Crippen LogP contribution in [0.5, 0.6) is 0 Å². The van der Waals surface area contributed by atoms with Gasteiger partial charge in [-0.1, -0.05) is 81.5 Å². The van der Waals surface area contributed by atoms with Crippen LogP contribution >= 0.6 is 68.3 Å². The van der Waals surface area contributed by atoms with Crippen molar-refractivity contribution in [1.29, 1.82) is 0 Å². The average Bonchev–Trinajstić information content (AvgIpc) is 2.85. The van der Waals surface area contributed by atoms with E-state index in [1.54, 1.807) is 57.2 Å². The topological polar surface area (TPSA) is 34.1 Å². The molecule has 0 saturated carbocycles. The number of carbonyl (C=O) groups excluding carboxylic acids is 2. The van der Waals surface area contributed by atoms with Gasteiger partial charge in [0, 0.05) is 40.5 Å². The van der Waals surface area contributed by atoms with E-state index in [1.165, 1.54) is 0 Å². The number of carbonyl (C=O) groups is 2. The number of hydrogen-bond donors (Lipinski definition) is 0. The minimum atomic E-state index is -0.484. The molecule has 34 heavy (non-hydrogen) atoms. The van der Waals surface area contributed by atoms with Crippen molar-refractivity contribution < 1.29 is 9.59 Å². The highest BCUT2D eigenvalue weighted by molar-refractivity contribution is 8.76. The molecule has 0 fully saturated rings. The van der Waals surface area contributed by atoms with Crippen LogP contribution in [0.15, 0.2) is 126 Å². The molecule has 0 unspecified atom stereocenters. The van der Waals surface area contributed by atoms with E-state index < -0.39 is 10.5 Å². The van der Waals surface area contributed by atoms with Gasteiger partial charge in [0.25, 0.3) is 10.5 Å². The van der Waals surface area contributed by atoms with Crippen LogP contribution in [0, 0.1) is 0 Å². The zero-order valence-corrected chi connectivity index (χ0v) is 22.2. The summed E-state index contributed by atoms with van der Waals surface area (Å²) in [6, 6.07) is 30.9. The Bertz CT molecular complexity index is 1210. The predicted molar refractivity (Wildman–Crippen MR) is 146 cm³/mol. The molecule has 0 bridgehead atoms. The van der Waals surface area contributed by atoms with Crippen LogP contribution < -0.4 is 0 Å². The Kier molecular flexibility index (Phi) is 9.11. The molecule has 170 valence electrons. The SMILES string of the molecule is O=C(Cl)c1ccc(SSc2ccc(C(=O)Cl)cc2Sc2ccccc2)c(Sc2ccccc2)c1. The summed E-state index contributed by atoms with van der Waals surface area (Å²) < 4.78 is 0. The fraction of sp³-hybridized carbons (Fsp3) is 0. The molecular formula is C26H16Cl2O2S4. The van der Waals surface area contributed by atoms with Crippen molar-refractivity contribution in [3.63, 3.8) is 0 Å². The number of hydrogen-bond acceptors (Lipinski definition) is 6. The van der Waals surface area contributed by atoms with Gasteiger partial charge in [-0.15, -0.1) is 0 Å². The molecule has 2 nitrogen and oxygen atoms in total. The highest BCUT2D eigenvalue weighted by Crippen LogP contribution is 2.47. The summed E-state index contributed by atoms with van der Waals surface area (Å²) in [5.74, 6) is 0. The van der Waals surface area contributed by atoms with E-state index in [4.69, 9.17) is 23.2 Å². The second-order valence-corrected chi connectivity index (χ2v) is 12.0. The van der Waals surface area contributed by atoms with E-state index in [2.05, 4.69) is 0 Å². The van der Waals surface area contributed by atoms with Crippen molar-refractivity contribution >= 4 is 78.8 Å². The smallest absolute Gasteiger partial charge is 0.252 e. The molecule has 0 spiro atoms. The summed E-state index contributed by atoms with van der Waals surface area (Å²) in [5.41, 5.74) is 0.916. The Morgan fingerprint density at radius 2 is 0.882 bits per heavy atom. The number of benzene rings is 4. The molecule has 0 heterocycles. The first-order valence-electron chi connectivity index (χ1n) is 9.98. The second kappa shape index (κ2) is 12.2. The predicted octanol–water partition coefficient (Wildman–Crippen LogP) is 9.55. The second-order valence-electron chi connectivity index (χ2n) is 6.87. The Labute approximate surface area is 224 Å². The molecule has 0 aliphatic carbocycles. The largest absolute Gasteiger partial charge is 0.276 e. The van der Waals surface area contributed by atoms with Crippen LogP contribution in [0.25, 0.3) is 0 Å². The highest BCUT2D eigenvalue weighted by Gasteiger charge is 2.14. The fourth-order valence-electron chi connectivity index (χ4n) is 2.88. The maximum Gasteiger partial charge on any atom is 0.252 e. The Morgan fingerprint density at radius 1 is 0.500 bits per heavy atom. The Balaban J connectivity index is 1.62. The molecule has 0 amide bonds. The van der Waals surface area contributed by atoms with Gasteiger partial charge in [0.05, 0.1) is 0 Å². The van der Waals surface area contributed by atoms with Crippen LogP contribution in [0.4, 0.5) is 0 Å². The van der Waals surface area contributed by atoms with Gasteiger partial charge in [-0.2, -0.15) is 0 Å². The molecule has 0 saturated heterocycles. The van der Waals surface area contributed by atoms with Gasteiger partial charge < -0.3 is 0 Å². The van der Waals surface area contributed by atoms with Gasteiger partial charge in [-0.25, -0.2) is 0 Å². The summed E-state index contributed by atoms with van der Waals surface area (Å²) in [6.45, 7) is 0. The van der Waals surface area contributed by atoms with Crippen LogP contribution in [-0.4, -0.2) is 10.5 Å². The molecule has 0 aromatic heterocycles. The lowest BCUT2D eigenvalue weighted by molar-refractivity contribution is 0.107. The summed E-state index contributed by atoms with van der Waals surface area (Å²) in [7, 11) is 3.18. The third kappa shape index (κ3) is 6.87. The van der Waals surface area contributed by atoms with Crippen LogP contribution in [0.2, 0.25) is 0 Å². The first-order valence-corrected chi connectivity index (χ1v) is 14.5. The van der Waals surface area contributed by atoms with Crippen molar-refractivity contribution in [2.24, 2.45) is 0 Å². The van der Waals surface area contributed by atoms with Crippen molar-refractivity contribution in [1.82, 2.24) is 0 Å². The minimum Gasteiger partial charge on any atom is -0.276 e. The maximum atomic E-state index is 11.7. The lowest BCUT2D eigenvalue weighted by atomic mass is 10.2. The lowest BCUT2D eigenvalue weighted by Gasteiger charge is -2.12. The van der Waals surface area contributed by atoms with Crippen LogP contribution in [0.1, 0.15) is 20.7 Å². The minimum absolute atomic E-state index is 0.458. The zero-order chi connectivity index (χ0) is 23.9. The molecule has 0 aliphatic heterocycles. The van der Waals surface area contributed by atoms with E-state index >= 15 is 0 Å². The van der Waals surface area contributed by atoms with E-state index in [1.807, 2.05) is 84.9 Å². The monoisotopic (exact) mass is 558 g/mol. The standard InChI is InChI=1S/C26H16Cl2O2S4/c27-25(29)17-11-13-21(23(15-17)31-19-7-3-1-4-8-19)33-34-22-14-12-18(26(28)30)16-24(22)32-20-9-5-2-6-10-20/h1-16H. The molecule has 8 heteroatoms. The first-order chi connectivity index (χ1) is 16.5. The molecule has 4 aromatic rings. The van der Waals surface area contributed by atoms with Crippen molar-refractivity contribution in [3.05, 3.63) is 108 Å². The van der Waals surface area contributed by atoms with E-state index in [0.29, 0.717) is 11.1 Å². The van der Waals surface area contributed by atoms with Crippen molar-refractivity contribution in [2.75, 3.05) is 0 Å². The zero-order valence-electron chi connectivity index (χ0n) is 17.4. The molecule has 4 aromatic carbocycles. The maximum absolute atomic E-state index is 11.7. The summed E-state index contributed by atoms with van der Waals surface area (Å²) in [6.07, 6.45) is 0. The quantitative estimate of drug-likeness (QED) is 0.150. The van der Waals surface area contributed by atoms with E-state index in [9.17, 15) is 9.59 Å². The van der Waals surface area contributed by atoms with E-state index in [0.717, 1.165) is 29.4 Å². The molecular weight excluding hydrogens is 543 g/mol. The third-order valence-corrected chi connectivity index (χ3v) is 9.81. The highest BCUT2D eigenvalue weighted by atomic mass is 35.5. The molecule has 0 N–H and O–H groups in total. The summed E-state index contributed by atoms with van der Waals surface area (Å²) in [4.78, 5) is 29.5. The van der Waals surface area contributed by atoms with Gasteiger partial charge in [0.1, 0.15) is 0 Å². The van der Waals surface area contributed by atoms with Crippen LogP contribution in [-0.2, 0) is 0 Å². The van der Waals surface area contributed by atoms with Gasteiger partial charge in [0.2, 0.25) is 0 Å². The summed E-state index contributed by atoms with van der Waals surface area (Å²) >= 11 is 14.6. The third-order valence-electron chi connectivity index (χ3n) is 4.50. The van der Waals surface area contributed by atoms with Gasteiger partial charge in [-0.3, -0.25) is 9.59 Å². The van der Waals surface area contributed by atoms with Gasteiger partial charge in [-0.05, 0) is 83.9 Å². The molecule has 0 atom stereocenters. The number of rotatable bonds is 9. The molecule has 0 aliphatic rings. The van der Waals surface area contributed by atoms with Crippen LogP contribution in [0.3, 0.4) is 0 Å². The Hall–Kier alpha value is -1.80. The van der Waals surface area contributed by atoms with Crippen molar-refractivity contribution in [2.45, 2.75) is 29.4 Å². The van der Waals surface area contributed by atoms with Crippen molar-refractivity contribution in [3.8, 4) is 0 Å². The summed E-state index contributed by atoms with van der Waals surface area (Å²) in [5, 5.41) is -0.969. The molecule has 0 radical (unpaired) electrons. The van der Waals surface area contributed by atoms with Gasteiger partial charge >= 0.3 is 0 Å². The fourth-order valence-corrected chi connectivity index (χ4v) is 7.85. The van der Waals surface area contributed by atoms with Gasteiger partial charge in [0.15, 0.2) is 0 Å². The number of halogens is 2. The Morgan fingerprint density at radius 3 is 1.24 bits per heavy atom. The molecule has 4 rings (SSSR count).